The van der Waals surface area contributed by atoms with Crippen LogP contribution in [-0.4, -0.2) is 47.5 Å². The summed E-state index contributed by atoms with van der Waals surface area (Å²) in [6, 6.07) is 0. The molecule has 2 aromatic heterocycles. The number of aliphatic hydroxyl groups excluding tert-OH is 1. The number of hydrogen-bond donors (Lipinski definition) is 3. The molecule has 4 N–H and O–H groups in total. The molecular weight excluding hydrogens is 272 g/mol. The zero-order valence-corrected chi connectivity index (χ0v) is 11.6. The molecule has 0 spiro atoms. The molecule has 0 saturated heterocycles. The number of rotatable bonds is 4. The Balaban J connectivity index is 1.70. The standard InChI is InChI=1S/C12H18N8O/c13-10-17-11(15-5-8-3-1-2-4-9(8)21)19-12(18-10)20-7-14-6-16-20/h6-9,21H,1-5H2,(H3,13,15,17,18,19). The highest BCUT2D eigenvalue weighted by molar-refractivity contribution is 5.34. The van der Waals surface area contributed by atoms with Gasteiger partial charge in [-0.1, -0.05) is 12.8 Å². The van der Waals surface area contributed by atoms with E-state index in [4.69, 9.17) is 5.73 Å². The molecule has 2 heterocycles. The molecule has 3 rings (SSSR count). The molecule has 1 saturated carbocycles. The van der Waals surface area contributed by atoms with Crippen LogP contribution in [0.25, 0.3) is 5.95 Å². The lowest BCUT2D eigenvalue weighted by Crippen LogP contribution is -2.30. The van der Waals surface area contributed by atoms with Gasteiger partial charge in [-0.3, -0.25) is 0 Å². The van der Waals surface area contributed by atoms with E-state index in [0.717, 1.165) is 25.7 Å². The van der Waals surface area contributed by atoms with Crippen molar-refractivity contribution in [1.82, 2.24) is 29.7 Å². The van der Waals surface area contributed by atoms with E-state index in [1.165, 1.54) is 17.3 Å². The number of anilines is 2. The van der Waals surface area contributed by atoms with Crippen LogP contribution in [0, 0.1) is 5.92 Å². The van der Waals surface area contributed by atoms with Gasteiger partial charge in [-0.25, -0.2) is 4.98 Å². The van der Waals surface area contributed by atoms with Crippen molar-refractivity contribution in [2.24, 2.45) is 5.92 Å². The first-order valence-electron chi connectivity index (χ1n) is 7.01. The summed E-state index contributed by atoms with van der Waals surface area (Å²) in [6.07, 6.45) is 6.72. The first-order chi connectivity index (χ1) is 10.2. The Morgan fingerprint density at radius 3 is 2.90 bits per heavy atom. The summed E-state index contributed by atoms with van der Waals surface area (Å²) >= 11 is 0. The van der Waals surface area contributed by atoms with Crippen molar-refractivity contribution in [3.63, 3.8) is 0 Å². The van der Waals surface area contributed by atoms with E-state index in [1.54, 1.807) is 0 Å². The zero-order chi connectivity index (χ0) is 14.7. The predicted octanol–water partition coefficient (Wildman–Crippen LogP) is -0.00250. The summed E-state index contributed by atoms with van der Waals surface area (Å²) in [7, 11) is 0. The highest BCUT2D eigenvalue weighted by Gasteiger charge is 2.23. The molecule has 9 heteroatoms. The molecule has 2 atom stereocenters. The minimum atomic E-state index is -0.264. The molecule has 0 aromatic carbocycles. The highest BCUT2D eigenvalue weighted by Crippen LogP contribution is 2.24. The third-order valence-electron chi connectivity index (χ3n) is 3.66. The Kier molecular flexibility index (Phi) is 3.91. The summed E-state index contributed by atoms with van der Waals surface area (Å²) < 4.78 is 1.42. The SMILES string of the molecule is Nc1nc(NCC2CCCCC2O)nc(-n2cncn2)n1. The quantitative estimate of drug-likeness (QED) is 0.717. The van der Waals surface area contributed by atoms with Crippen LogP contribution in [0.1, 0.15) is 25.7 Å². The molecule has 1 aliphatic rings. The van der Waals surface area contributed by atoms with Crippen molar-refractivity contribution >= 4 is 11.9 Å². The fraction of sp³-hybridized carbons (Fsp3) is 0.583. The molecule has 0 aliphatic heterocycles. The Morgan fingerprint density at radius 2 is 2.14 bits per heavy atom. The fourth-order valence-corrected chi connectivity index (χ4v) is 2.52. The normalized spacial score (nSPS) is 22.1. The maximum Gasteiger partial charge on any atom is 0.258 e. The van der Waals surface area contributed by atoms with Crippen LogP contribution < -0.4 is 11.1 Å². The van der Waals surface area contributed by atoms with Crippen molar-refractivity contribution in [2.75, 3.05) is 17.6 Å². The number of aliphatic hydroxyl groups is 1. The van der Waals surface area contributed by atoms with Crippen LogP contribution in [0.15, 0.2) is 12.7 Å². The number of nitrogens with two attached hydrogens (primary N) is 1. The minimum absolute atomic E-state index is 0.113. The smallest absolute Gasteiger partial charge is 0.258 e. The summed E-state index contributed by atoms with van der Waals surface area (Å²) in [6.45, 7) is 0.613. The zero-order valence-electron chi connectivity index (χ0n) is 11.6. The molecule has 0 amide bonds. The lowest BCUT2D eigenvalue weighted by Gasteiger charge is -2.27. The summed E-state index contributed by atoms with van der Waals surface area (Å²) in [5, 5.41) is 17.1. The van der Waals surface area contributed by atoms with Gasteiger partial charge in [0.15, 0.2) is 0 Å². The van der Waals surface area contributed by atoms with Crippen LogP contribution in [0.2, 0.25) is 0 Å². The van der Waals surface area contributed by atoms with E-state index in [-0.39, 0.29) is 18.0 Å². The second kappa shape index (κ2) is 6.00. The average Bonchev–Trinajstić information content (AvgIpc) is 3.00. The van der Waals surface area contributed by atoms with Crippen LogP contribution in [-0.2, 0) is 0 Å². The fourth-order valence-electron chi connectivity index (χ4n) is 2.52. The number of nitrogens with one attached hydrogen (secondary N) is 1. The largest absolute Gasteiger partial charge is 0.393 e. The monoisotopic (exact) mass is 290 g/mol. The molecule has 21 heavy (non-hydrogen) atoms. The molecule has 1 aliphatic carbocycles. The predicted molar refractivity (Wildman–Crippen MR) is 75.6 cm³/mol. The van der Waals surface area contributed by atoms with Crippen LogP contribution in [0.5, 0.6) is 0 Å². The van der Waals surface area contributed by atoms with E-state index < -0.39 is 0 Å². The second-order valence-electron chi connectivity index (χ2n) is 5.15. The molecular formula is C12H18N8O. The van der Waals surface area contributed by atoms with Gasteiger partial charge in [-0.05, 0) is 12.8 Å². The average molecular weight is 290 g/mol. The second-order valence-corrected chi connectivity index (χ2v) is 5.15. The Morgan fingerprint density at radius 1 is 1.29 bits per heavy atom. The Bertz CT molecular complexity index is 587. The number of nitrogens with zero attached hydrogens (tertiary/aromatic N) is 6. The van der Waals surface area contributed by atoms with Crippen molar-refractivity contribution in [3.8, 4) is 5.95 Å². The Hall–Kier alpha value is -2.29. The molecule has 0 bridgehead atoms. The van der Waals surface area contributed by atoms with E-state index in [0.29, 0.717) is 18.4 Å². The van der Waals surface area contributed by atoms with Crippen LogP contribution in [0.3, 0.4) is 0 Å². The first-order valence-corrected chi connectivity index (χ1v) is 7.01. The molecule has 9 nitrogen and oxygen atoms in total. The van der Waals surface area contributed by atoms with Crippen molar-refractivity contribution < 1.29 is 5.11 Å². The molecule has 112 valence electrons. The molecule has 0 radical (unpaired) electrons. The maximum atomic E-state index is 9.97. The third kappa shape index (κ3) is 3.24. The van der Waals surface area contributed by atoms with Crippen molar-refractivity contribution in [2.45, 2.75) is 31.8 Å². The van der Waals surface area contributed by atoms with E-state index in [9.17, 15) is 5.11 Å². The molecule has 2 aromatic rings. The van der Waals surface area contributed by atoms with Gasteiger partial charge in [0.25, 0.3) is 5.95 Å². The van der Waals surface area contributed by atoms with Gasteiger partial charge in [0.1, 0.15) is 12.7 Å². The van der Waals surface area contributed by atoms with E-state index >= 15 is 0 Å². The third-order valence-corrected chi connectivity index (χ3v) is 3.66. The Labute approximate surface area is 121 Å². The van der Waals surface area contributed by atoms with Crippen molar-refractivity contribution in [1.29, 1.82) is 0 Å². The minimum Gasteiger partial charge on any atom is -0.393 e. The van der Waals surface area contributed by atoms with E-state index in [1.807, 2.05) is 0 Å². The lowest BCUT2D eigenvalue weighted by atomic mass is 9.86. The number of aromatic nitrogens is 6. The summed E-state index contributed by atoms with van der Waals surface area (Å²) in [5.74, 6) is 1.02. The number of hydrogen-bond acceptors (Lipinski definition) is 8. The van der Waals surface area contributed by atoms with Gasteiger partial charge in [0.05, 0.1) is 6.10 Å². The van der Waals surface area contributed by atoms with Gasteiger partial charge < -0.3 is 16.2 Å². The van der Waals surface area contributed by atoms with Gasteiger partial charge in [-0.2, -0.15) is 24.7 Å². The highest BCUT2D eigenvalue weighted by atomic mass is 16.3. The maximum absolute atomic E-state index is 9.97. The van der Waals surface area contributed by atoms with Gasteiger partial charge in [0.2, 0.25) is 11.9 Å². The van der Waals surface area contributed by atoms with E-state index in [2.05, 4.69) is 30.4 Å². The molecule has 2 unspecified atom stereocenters. The summed E-state index contributed by atoms with van der Waals surface area (Å²) in [4.78, 5) is 16.2. The van der Waals surface area contributed by atoms with Gasteiger partial charge in [0, 0.05) is 12.5 Å². The van der Waals surface area contributed by atoms with Crippen molar-refractivity contribution in [3.05, 3.63) is 12.7 Å². The first kappa shape index (κ1) is 13.7. The molecule has 1 fully saturated rings. The van der Waals surface area contributed by atoms with Crippen LogP contribution in [0.4, 0.5) is 11.9 Å². The summed E-state index contributed by atoms with van der Waals surface area (Å²) in [5.41, 5.74) is 5.69. The number of nitrogen functional groups attached to an aromatic ring is 1. The van der Waals surface area contributed by atoms with Gasteiger partial charge >= 0.3 is 0 Å². The topological polar surface area (TPSA) is 128 Å². The van der Waals surface area contributed by atoms with Crippen LogP contribution >= 0.6 is 0 Å². The van der Waals surface area contributed by atoms with Gasteiger partial charge in [-0.15, -0.1) is 0 Å². The lowest BCUT2D eigenvalue weighted by molar-refractivity contribution is 0.0762.